The number of hydrogen-bond acceptors (Lipinski definition) is 5. The van der Waals surface area contributed by atoms with Gasteiger partial charge in [0.15, 0.2) is 6.61 Å². The van der Waals surface area contributed by atoms with Gasteiger partial charge in [-0.3, -0.25) is 4.79 Å². The van der Waals surface area contributed by atoms with Crippen molar-refractivity contribution in [2.45, 2.75) is 19.9 Å². The summed E-state index contributed by atoms with van der Waals surface area (Å²) in [5, 5.41) is 4.61. The maximum Gasteiger partial charge on any atom is 0.349 e. The Morgan fingerprint density at radius 2 is 1.91 bits per heavy atom. The average Bonchev–Trinajstić information content (AvgIpc) is 2.98. The number of hydrogen-bond donors (Lipinski definition) is 1. The van der Waals surface area contributed by atoms with Crippen LogP contribution < -0.4 is 10.1 Å². The maximum absolute atomic E-state index is 11.9. The van der Waals surface area contributed by atoms with Gasteiger partial charge in [-0.2, -0.15) is 0 Å². The number of esters is 1. The van der Waals surface area contributed by atoms with E-state index in [1.54, 1.807) is 7.11 Å². The summed E-state index contributed by atoms with van der Waals surface area (Å²) in [5.41, 5.74) is 1.80. The third kappa shape index (κ3) is 4.56. The molecular formula is C17H19NO4S. The Kier molecular flexibility index (Phi) is 5.76. The monoisotopic (exact) mass is 333 g/mol. The second-order valence-corrected chi connectivity index (χ2v) is 5.99. The molecule has 0 aliphatic carbocycles. The first kappa shape index (κ1) is 17.0. The van der Waals surface area contributed by atoms with Crippen molar-refractivity contribution in [1.29, 1.82) is 0 Å². The lowest BCUT2D eigenvalue weighted by Gasteiger charge is -2.14. The minimum atomic E-state index is -0.468. The van der Waals surface area contributed by atoms with Gasteiger partial charge in [0, 0.05) is 0 Å². The topological polar surface area (TPSA) is 64.6 Å². The molecule has 1 N–H and O–H groups in total. The second kappa shape index (κ2) is 7.78. The molecular weight excluding hydrogens is 314 g/mol. The number of aryl methyl sites for hydroxylation is 1. The minimum absolute atomic E-state index is 0.185. The number of ether oxygens (including phenoxy) is 2. The summed E-state index contributed by atoms with van der Waals surface area (Å²) in [6.45, 7) is 3.40. The quantitative estimate of drug-likeness (QED) is 0.825. The van der Waals surface area contributed by atoms with Crippen molar-refractivity contribution in [2.75, 3.05) is 13.7 Å². The van der Waals surface area contributed by atoms with Crippen LogP contribution in [-0.4, -0.2) is 25.6 Å². The maximum atomic E-state index is 11.9. The zero-order valence-electron chi connectivity index (χ0n) is 13.3. The van der Waals surface area contributed by atoms with Gasteiger partial charge in [-0.15, -0.1) is 11.3 Å². The van der Waals surface area contributed by atoms with E-state index in [1.165, 1.54) is 11.3 Å². The Labute approximate surface area is 139 Å². The number of nitrogens with one attached hydrogen (secondary N) is 1. The summed E-state index contributed by atoms with van der Waals surface area (Å²) in [4.78, 5) is 24.3. The fourth-order valence-electron chi connectivity index (χ4n) is 2.04. The van der Waals surface area contributed by atoms with Gasteiger partial charge in [-0.25, -0.2) is 4.79 Å². The van der Waals surface area contributed by atoms with Crippen molar-refractivity contribution >= 4 is 23.2 Å². The first-order valence-corrected chi connectivity index (χ1v) is 8.03. The number of thiophene rings is 1. The molecule has 0 spiro atoms. The van der Waals surface area contributed by atoms with E-state index in [1.807, 2.05) is 49.6 Å². The molecule has 1 aromatic heterocycles. The highest BCUT2D eigenvalue weighted by Crippen LogP contribution is 2.18. The summed E-state index contributed by atoms with van der Waals surface area (Å²) in [6, 6.07) is 9.08. The molecule has 0 fully saturated rings. The van der Waals surface area contributed by atoms with E-state index < -0.39 is 5.97 Å². The first-order valence-electron chi connectivity index (χ1n) is 7.15. The van der Waals surface area contributed by atoms with Crippen molar-refractivity contribution < 1.29 is 19.1 Å². The summed E-state index contributed by atoms with van der Waals surface area (Å²) in [7, 11) is 1.60. The van der Waals surface area contributed by atoms with Gasteiger partial charge in [-0.1, -0.05) is 12.1 Å². The Bertz CT molecular complexity index is 678. The molecule has 1 heterocycles. The fraction of sp³-hybridized carbons (Fsp3) is 0.294. The van der Waals surface area contributed by atoms with Crippen LogP contribution in [0.2, 0.25) is 0 Å². The van der Waals surface area contributed by atoms with E-state index >= 15 is 0 Å². The standard InChI is InChI=1S/C17H19NO4S/c1-11-8-9-23-16(11)17(20)22-10-15(19)18-12(2)13-4-6-14(21-3)7-5-13/h4-9,12H,10H2,1-3H3,(H,18,19)/t12-/m1/s1. The van der Waals surface area contributed by atoms with Gasteiger partial charge < -0.3 is 14.8 Å². The number of carbonyl (C=O) groups excluding carboxylic acids is 2. The molecule has 0 radical (unpaired) electrons. The highest BCUT2D eigenvalue weighted by molar-refractivity contribution is 7.12. The number of methoxy groups -OCH3 is 1. The largest absolute Gasteiger partial charge is 0.497 e. The van der Waals surface area contributed by atoms with Gasteiger partial charge in [0.2, 0.25) is 0 Å². The SMILES string of the molecule is COc1ccc([C@@H](C)NC(=O)COC(=O)c2sccc2C)cc1. The molecule has 0 saturated heterocycles. The third-order valence-corrected chi connectivity index (χ3v) is 4.37. The van der Waals surface area contributed by atoms with Crippen molar-refractivity contribution in [3.63, 3.8) is 0 Å². The fourth-order valence-corrected chi connectivity index (χ4v) is 2.85. The van der Waals surface area contributed by atoms with Gasteiger partial charge >= 0.3 is 5.97 Å². The van der Waals surface area contributed by atoms with E-state index in [4.69, 9.17) is 9.47 Å². The Hall–Kier alpha value is -2.34. The smallest absolute Gasteiger partial charge is 0.349 e. The predicted octanol–water partition coefficient (Wildman–Crippen LogP) is 3.10. The lowest BCUT2D eigenvalue weighted by molar-refractivity contribution is -0.124. The molecule has 2 rings (SSSR count). The molecule has 0 bridgehead atoms. The lowest BCUT2D eigenvalue weighted by atomic mass is 10.1. The van der Waals surface area contributed by atoms with E-state index in [0.29, 0.717) is 4.88 Å². The first-order chi connectivity index (χ1) is 11.0. The Balaban J connectivity index is 1.84. The van der Waals surface area contributed by atoms with Crippen molar-refractivity contribution in [3.05, 3.63) is 51.7 Å². The molecule has 0 saturated carbocycles. The van der Waals surface area contributed by atoms with Crippen LogP contribution in [0.5, 0.6) is 5.75 Å². The van der Waals surface area contributed by atoms with Gasteiger partial charge in [-0.05, 0) is 48.6 Å². The zero-order valence-corrected chi connectivity index (χ0v) is 14.1. The van der Waals surface area contributed by atoms with Gasteiger partial charge in [0.25, 0.3) is 5.91 Å². The summed E-state index contributed by atoms with van der Waals surface area (Å²) < 4.78 is 10.1. The van der Waals surface area contributed by atoms with E-state index in [0.717, 1.165) is 16.9 Å². The van der Waals surface area contributed by atoms with E-state index in [9.17, 15) is 9.59 Å². The Morgan fingerprint density at radius 1 is 1.22 bits per heavy atom. The van der Waals surface area contributed by atoms with Crippen LogP contribution in [0.3, 0.4) is 0 Å². The number of amides is 1. The highest BCUT2D eigenvalue weighted by atomic mass is 32.1. The number of carbonyl (C=O) groups is 2. The van der Waals surface area contributed by atoms with Crippen molar-refractivity contribution in [2.24, 2.45) is 0 Å². The minimum Gasteiger partial charge on any atom is -0.497 e. The summed E-state index contributed by atoms with van der Waals surface area (Å²) >= 11 is 1.31. The summed E-state index contributed by atoms with van der Waals surface area (Å²) in [5.74, 6) is -0.0480. The molecule has 1 atom stereocenters. The summed E-state index contributed by atoms with van der Waals surface area (Å²) in [6.07, 6.45) is 0. The van der Waals surface area contributed by atoms with Gasteiger partial charge in [0.1, 0.15) is 10.6 Å². The highest BCUT2D eigenvalue weighted by Gasteiger charge is 2.15. The lowest BCUT2D eigenvalue weighted by Crippen LogP contribution is -2.31. The molecule has 0 aliphatic heterocycles. The van der Waals surface area contributed by atoms with Crippen LogP contribution in [-0.2, 0) is 9.53 Å². The van der Waals surface area contributed by atoms with Crippen LogP contribution in [0.1, 0.15) is 33.8 Å². The average molecular weight is 333 g/mol. The van der Waals surface area contributed by atoms with Crippen LogP contribution >= 0.6 is 11.3 Å². The predicted molar refractivity (Wildman–Crippen MR) is 88.9 cm³/mol. The van der Waals surface area contributed by atoms with Crippen LogP contribution in [0, 0.1) is 6.92 Å². The molecule has 5 nitrogen and oxygen atoms in total. The molecule has 6 heteroatoms. The van der Waals surface area contributed by atoms with Gasteiger partial charge in [0.05, 0.1) is 13.2 Å². The van der Waals surface area contributed by atoms with Crippen LogP contribution in [0.4, 0.5) is 0 Å². The third-order valence-electron chi connectivity index (χ3n) is 3.38. The number of rotatable bonds is 6. The Morgan fingerprint density at radius 3 is 2.48 bits per heavy atom. The van der Waals surface area contributed by atoms with Crippen molar-refractivity contribution in [1.82, 2.24) is 5.32 Å². The number of benzene rings is 1. The molecule has 1 amide bonds. The second-order valence-electron chi connectivity index (χ2n) is 5.07. The zero-order chi connectivity index (χ0) is 16.8. The normalized spacial score (nSPS) is 11.6. The molecule has 0 unspecified atom stereocenters. The van der Waals surface area contributed by atoms with Crippen molar-refractivity contribution in [3.8, 4) is 5.75 Å². The molecule has 122 valence electrons. The molecule has 0 aliphatic rings. The molecule has 2 aromatic rings. The molecule has 1 aromatic carbocycles. The van der Waals surface area contributed by atoms with E-state index in [2.05, 4.69) is 5.32 Å². The van der Waals surface area contributed by atoms with E-state index in [-0.39, 0.29) is 18.6 Å². The van der Waals surface area contributed by atoms with Crippen LogP contribution in [0.15, 0.2) is 35.7 Å². The molecule has 23 heavy (non-hydrogen) atoms. The van der Waals surface area contributed by atoms with Crippen LogP contribution in [0.25, 0.3) is 0 Å².